The average molecular weight is 267 g/mol. The zero-order valence-electron chi connectivity index (χ0n) is 12.2. The smallest absolute Gasteiger partial charge is 0.226 e. The highest BCUT2D eigenvalue weighted by molar-refractivity contribution is 4.90. The van der Waals surface area contributed by atoms with Crippen molar-refractivity contribution in [2.45, 2.75) is 45.6 Å². The highest BCUT2D eigenvalue weighted by Gasteiger charge is 2.22. The van der Waals surface area contributed by atoms with E-state index in [-0.39, 0.29) is 6.10 Å². The molecule has 0 radical (unpaired) electrons. The molecule has 3 atom stereocenters. The molecule has 5 nitrogen and oxygen atoms in total. The minimum Gasteiger partial charge on any atom is -0.381 e. The molecule has 1 aromatic heterocycles. The molecule has 1 fully saturated rings. The van der Waals surface area contributed by atoms with Crippen LogP contribution >= 0.6 is 0 Å². The van der Waals surface area contributed by atoms with Gasteiger partial charge in [0.15, 0.2) is 5.82 Å². The lowest BCUT2D eigenvalue weighted by Crippen LogP contribution is -2.33. The Morgan fingerprint density at radius 2 is 2.26 bits per heavy atom. The summed E-state index contributed by atoms with van der Waals surface area (Å²) in [5.74, 6) is 2.82. The lowest BCUT2D eigenvalue weighted by atomic mass is 9.85. The summed E-state index contributed by atoms with van der Waals surface area (Å²) in [6.45, 7) is 6.55. The summed E-state index contributed by atoms with van der Waals surface area (Å²) in [6, 6.07) is 0. The van der Waals surface area contributed by atoms with E-state index in [1.54, 1.807) is 7.11 Å². The minimum atomic E-state index is 0.130. The van der Waals surface area contributed by atoms with E-state index in [2.05, 4.69) is 22.4 Å². The third-order valence-corrected chi connectivity index (χ3v) is 4.02. The molecule has 108 valence electrons. The number of hydrogen-bond donors (Lipinski definition) is 1. The van der Waals surface area contributed by atoms with Gasteiger partial charge in [0.05, 0.1) is 6.10 Å². The predicted octanol–water partition coefficient (Wildman–Crippen LogP) is 1.83. The van der Waals surface area contributed by atoms with Crippen LogP contribution in [0.1, 0.15) is 38.4 Å². The van der Waals surface area contributed by atoms with Crippen molar-refractivity contribution < 1.29 is 9.26 Å². The molecule has 2 rings (SSSR count). The summed E-state index contributed by atoms with van der Waals surface area (Å²) in [5.41, 5.74) is 0. The molecule has 19 heavy (non-hydrogen) atoms. The van der Waals surface area contributed by atoms with Crippen LogP contribution in [-0.2, 0) is 17.6 Å². The number of methoxy groups -OCH3 is 1. The van der Waals surface area contributed by atoms with Crippen molar-refractivity contribution in [2.75, 3.05) is 20.2 Å². The molecule has 1 aliphatic heterocycles. The van der Waals surface area contributed by atoms with E-state index in [0.29, 0.717) is 12.3 Å². The van der Waals surface area contributed by atoms with Crippen molar-refractivity contribution in [3.63, 3.8) is 0 Å². The second kappa shape index (κ2) is 7.01. The maximum absolute atomic E-state index is 5.33. The lowest BCUT2D eigenvalue weighted by Gasteiger charge is -2.27. The zero-order chi connectivity index (χ0) is 13.7. The van der Waals surface area contributed by atoms with Crippen LogP contribution in [-0.4, -0.2) is 36.4 Å². The number of nitrogens with one attached hydrogen (secondary N) is 1. The fourth-order valence-electron chi connectivity index (χ4n) is 2.60. The van der Waals surface area contributed by atoms with E-state index in [1.807, 2.05) is 6.92 Å². The van der Waals surface area contributed by atoms with Gasteiger partial charge in [-0.05, 0) is 44.7 Å². The van der Waals surface area contributed by atoms with E-state index in [4.69, 9.17) is 9.26 Å². The normalized spacial score (nSPS) is 23.2. The number of rotatable bonds is 6. The fraction of sp³-hybridized carbons (Fsp3) is 0.857. The van der Waals surface area contributed by atoms with Crippen molar-refractivity contribution >= 4 is 0 Å². The van der Waals surface area contributed by atoms with Gasteiger partial charge in [-0.25, -0.2) is 0 Å². The molecule has 0 aliphatic carbocycles. The molecular weight excluding hydrogens is 242 g/mol. The van der Waals surface area contributed by atoms with Crippen LogP contribution < -0.4 is 5.32 Å². The van der Waals surface area contributed by atoms with Crippen LogP contribution in [0.15, 0.2) is 4.52 Å². The number of nitrogens with zero attached hydrogens (tertiary/aromatic N) is 2. The highest BCUT2D eigenvalue weighted by Crippen LogP contribution is 2.22. The van der Waals surface area contributed by atoms with E-state index >= 15 is 0 Å². The van der Waals surface area contributed by atoms with Gasteiger partial charge in [-0.1, -0.05) is 12.1 Å². The summed E-state index contributed by atoms with van der Waals surface area (Å²) >= 11 is 0. The van der Waals surface area contributed by atoms with Gasteiger partial charge in [-0.3, -0.25) is 0 Å². The van der Waals surface area contributed by atoms with Crippen LogP contribution in [0.25, 0.3) is 0 Å². The molecule has 2 heterocycles. The standard InChI is InChI=1S/C14H25N3O2/c1-10(12-5-4-6-15-9-12)7-14-16-13(17-19-14)8-11(2)18-3/h10-12,15H,4-9H2,1-3H3. The molecule has 0 amide bonds. The van der Waals surface area contributed by atoms with Gasteiger partial charge in [0.1, 0.15) is 0 Å². The number of aromatic nitrogens is 2. The predicted molar refractivity (Wildman–Crippen MR) is 72.9 cm³/mol. The van der Waals surface area contributed by atoms with Crippen LogP contribution in [0.5, 0.6) is 0 Å². The molecule has 0 saturated carbocycles. The Morgan fingerprint density at radius 3 is 2.95 bits per heavy atom. The molecule has 5 heteroatoms. The summed E-state index contributed by atoms with van der Waals surface area (Å²) in [5, 5.41) is 7.48. The first-order chi connectivity index (χ1) is 9.19. The van der Waals surface area contributed by atoms with Crippen LogP contribution in [0.2, 0.25) is 0 Å². The minimum absolute atomic E-state index is 0.130. The molecule has 0 spiro atoms. The van der Waals surface area contributed by atoms with Gasteiger partial charge in [-0.2, -0.15) is 4.98 Å². The summed E-state index contributed by atoms with van der Waals surface area (Å²) in [6.07, 6.45) is 4.29. The first-order valence-electron chi connectivity index (χ1n) is 7.24. The molecule has 0 bridgehead atoms. The molecule has 1 N–H and O–H groups in total. The van der Waals surface area contributed by atoms with Gasteiger partial charge < -0.3 is 14.6 Å². The van der Waals surface area contributed by atoms with E-state index < -0.39 is 0 Å². The second-order valence-electron chi connectivity index (χ2n) is 5.64. The van der Waals surface area contributed by atoms with Crippen LogP contribution in [0, 0.1) is 11.8 Å². The SMILES string of the molecule is COC(C)Cc1noc(CC(C)C2CCCNC2)n1. The van der Waals surface area contributed by atoms with E-state index in [9.17, 15) is 0 Å². The van der Waals surface area contributed by atoms with Crippen molar-refractivity contribution in [2.24, 2.45) is 11.8 Å². The Morgan fingerprint density at radius 1 is 1.42 bits per heavy atom. The van der Waals surface area contributed by atoms with Gasteiger partial charge in [0.25, 0.3) is 0 Å². The summed E-state index contributed by atoms with van der Waals surface area (Å²) in [4.78, 5) is 4.45. The van der Waals surface area contributed by atoms with Crippen LogP contribution in [0.4, 0.5) is 0 Å². The highest BCUT2D eigenvalue weighted by atomic mass is 16.5. The molecule has 0 aromatic carbocycles. The first-order valence-corrected chi connectivity index (χ1v) is 7.24. The average Bonchev–Trinajstić information content (AvgIpc) is 2.86. The maximum Gasteiger partial charge on any atom is 0.226 e. The molecule has 1 aromatic rings. The Hall–Kier alpha value is -0.940. The summed E-state index contributed by atoms with van der Waals surface area (Å²) < 4.78 is 10.5. The van der Waals surface area contributed by atoms with Crippen LogP contribution in [0.3, 0.4) is 0 Å². The van der Waals surface area contributed by atoms with E-state index in [1.165, 1.54) is 12.8 Å². The largest absolute Gasteiger partial charge is 0.381 e. The topological polar surface area (TPSA) is 60.2 Å². The van der Waals surface area contributed by atoms with Gasteiger partial charge in [0.2, 0.25) is 5.89 Å². The summed E-state index contributed by atoms with van der Waals surface area (Å²) in [7, 11) is 1.70. The maximum atomic E-state index is 5.33. The third kappa shape index (κ3) is 4.28. The number of hydrogen-bond acceptors (Lipinski definition) is 5. The Labute approximate surface area is 115 Å². The number of ether oxygens (including phenoxy) is 1. The van der Waals surface area contributed by atoms with E-state index in [0.717, 1.165) is 37.1 Å². The fourth-order valence-corrected chi connectivity index (χ4v) is 2.60. The third-order valence-electron chi connectivity index (χ3n) is 4.02. The molecule has 3 unspecified atom stereocenters. The van der Waals surface area contributed by atoms with Crippen molar-refractivity contribution in [3.05, 3.63) is 11.7 Å². The molecule has 1 saturated heterocycles. The Kier molecular flexibility index (Phi) is 5.34. The number of piperidine rings is 1. The van der Waals surface area contributed by atoms with Crippen molar-refractivity contribution in [3.8, 4) is 0 Å². The Bertz CT molecular complexity index is 375. The van der Waals surface area contributed by atoms with Gasteiger partial charge >= 0.3 is 0 Å². The van der Waals surface area contributed by atoms with Crippen molar-refractivity contribution in [1.29, 1.82) is 0 Å². The van der Waals surface area contributed by atoms with Crippen molar-refractivity contribution in [1.82, 2.24) is 15.5 Å². The first kappa shape index (κ1) is 14.5. The monoisotopic (exact) mass is 267 g/mol. The van der Waals surface area contributed by atoms with Gasteiger partial charge in [0, 0.05) is 20.0 Å². The van der Waals surface area contributed by atoms with Gasteiger partial charge in [-0.15, -0.1) is 0 Å². The second-order valence-corrected chi connectivity index (χ2v) is 5.64. The Balaban J connectivity index is 1.84. The molecule has 1 aliphatic rings. The lowest BCUT2D eigenvalue weighted by molar-refractivity contribution is 0.116. The quantitative estimate of drug-likeness (QED) is 0.852. The zero-order valence-corrected chi connectivity index (χ0v) is 12.2. The molecular formula is C14H25N3O2.